The van der Waals surface area contributed by atoms with Crippen LogP contribution in [0.4, 0.5) is 0 Å². The number of nitrogens with one attached hydrogen (secondary N) is 1. The molecule has 1 atom stereocenters. The summed E-state index contributed by atoms with van der Waals surface area (Å²) in [5.41, 5.74) is -0.318. The molecule has 0 spiro atoms. The third kappa shape index (κ3) is 8.56. The number of nitrogens with zero attached hydrogens (tertiary/aromatic N) is 2. The molecule has 0 aromatic rings. The SMILES string of the molecule is CC(C(=O)NC(C)(C)C)N(CCN(C)C)CC(=O)O. The van der Waals surface area contributed by atoms with Crippen molar-refractivity contribution in [2.45, 2.75) is 39.3 Å². The maximum Gasteiger partial charge on any atom is 0.317 e. The number of aliphatic carboxylic acids is 1. The molecular weight excluding hydrogens is 246 g/mol. The summed E-state index contributed by atoms with van der Waals surface area (Å²) in [5.74, 6) is -1.07. The van der Waals surface area contributed by atoms with E-state index in [1.807, 2.05) is 39.8 Å². The summed E-state index contributed by atoms with van der Waals surface area (Å²) in [7, 11) is 3.83. The van der Waals surface area contributed by atoms with Crippen molar-refractivity contribution >= 4 is 11.9 Å². The van der Waals surface area contributed by atoms with E-state index in [9.17, 15) is 9.59 Å². The second kappa shape index (κ2) is 7.45. The summed E-state index contributed by atoms with van der Waals surface area (Å²) in [5, 5.41) is 11.8. The molecule has 2 N–H and O–H groups in total. The minimum absolute atomic E-state index is 0.132. The second-order valence-corrected chi connectivity index (χ2v) is 6.08. The van der Waals surface area contributed by atoms with Crippen molar-refractivity contribution in [1.82, 2.24) is 15.1 Å². The van der Waals surface area contributed by atoms with Crippen molar-refractivity contribution in [3.8, 4) is 0 Å². The van der Waals surface area contributed by atoms with Gasteiger partial charge in [0.1, 0.15) is 0 Å². The van der Waals surface area contributed by atoms with E-state index in [0.29, 0.717) is 13.1 Å². The van der Waals surface area contributed by atoms with E-state index in [-0.39, 0.29) is 18.0 Å². The van der Waals surface area contributed by atoms with Gasteiger partial charge in [0, 0.05) is 18.6 Å². The Morgan fingerprint density at radius 1 is 1.21 bits per heavy atom. The highest BCUT2D eigenvalue weighted by atomic mass is 16.4. The van der Waals surface area contributed by atoms with Crippen LogP contribution in [0, 0.1) is 0 Å². The lowest BCUT2D eigenvalue weighted by Crippen LogP contribution is -2.53. The molecule has 1 unspecified atom stereocenters. The molecule has 0 heterocycles. The smallest absolute Gasteiger partial charge is 0.317 e. The van der Waals surface area contributed by atoms with Crippen molar-refractivity contribution in [2.24, 2.45) is 0 Å². The molecule has 1 amide bonds. The Bertz CT molecular complexity index is 311. The molecule has 0 aliphatic carbocycles. The highest BCUT2D eigenvalue weighted by Crippen LogP contribution is 2.04. The van der Waals surface area contributed by atoms with Gasteiger partial charge in [-0.2, -0.15) is 0 Å². The number of carbonyl (C=O) groups is 2. The van der Waals surface area contributed by atoms with Crippen LogP contribution < -0.4 is 5.32 Å². The van der Waals surface area contributed by atoms with E-state index in [0.717, 1.165) is 0 Å². The molecule has 6 nitrogen and oxygen atoms in total. The maximum atomic E-state index is 12.1. The molecule has 6 heteroatoms. The van der Waals surface area contributed by atoms with Crippen LogP contribution in [0.5, 0.6) is 0 Å². The first-order chi connectivity index (χ1) is 8.53. The number of hydrogen-bond donors (Lipinski definition) is 2. The van der Waals surface area contributed by atoms with Gasteiger partial charge in [-0.05, 0) is 41.8 Å². The fraction of sp³-hybridized carbons (Fsp3) is 0.846. The van der Waals surface area contributed by atoms with Gasteiger partial charge in [-0.15, -0.1) is 0 Å². The van der Waals surface area contributed by atoms with Crippen LogP contribution in [0.3, 0.4) is 0 Å². The lowest BCUT2D eigenvalue weighted by Gasteiger charge is -2.30. The van der Waals surface area contributed by atoms with E-state index < -0.39 is 12.0 Å². The van der Waals surface area contributed by atoms with Crippen LogP contribution >= 0.6 is 0 Å². The average Bonchev–Trinajstić information content (AvgIpc) is 2.19. The Morgan fingerprint density at radius 2 is 1.74 bits per heavy atom. The fourth-order valence-electron chi connectivity index (χ4n) is 1.55. The van der Waals surface area contributed by atoms with E-state index >= 15 is 0 Å². The highest BCUT2D eigenvalue weighted by molar-refractivity contribution is 5.82. The Kier molecular flexibility index (Phi) is 7.00. The zero-order valence-corrected chi connectivity index (χ0v) is 12.9. The normalized spacial score (nSPS) is 13.7. The van der Waals surface area contributed by atoms with Crippen molar-refractivity contribution in [3.63, 3.8) is 0 Å². The number of amides is 1. The number of carboxylic acids is 1. The van der Waals surface area contributed by atoms with Crippen molar-refractivity contribution in [3.05, 3.63) is 0 Å². The molecule has 112 valence electrons. The molecule has 0 aliphatic heterocycles. The van der Waals surface area contributed by atoms with Crippen LogP contribution in [-0.4, -0.2) is 72.1 Å². The van der Waals surface area contributed by atoms with Gasteiger partial charge in [-0.25, -0.2) is 0 Å². The molecule has 19 heavy (non-hydrogen) atoms. The molecule has 0 aromatic heterocycles. The molecule has 0 bridgehead atoms. The first kappa shape index (κ1) is 17.9. The predicted molar refractivity (Wildman–Crippen MR) is 75.1 cm³/mol. The monoisotopic (exact) mass is 273 g/mol. The zero-order valence-electron chi connectivity index (χ0n) is 12.9. The van der Waals surface area contributed by atoms with Crippen LogP contribution in [0.25, 0.3) is 0 Å². The molecule has 0 radical (unpaired) electrons. The topological polar surface area (TPSA) is 72.9 Å². The molecule has 0 fully saturated rings. The summed E-state index contributed by atoms with van der Waals surface area (Å²) in [6, 6.07) is -0.463. The molecule has 0 rings (SSSR count). The minimum Gasteiger partial charge on any atom is -0.480 e. The summed E-state index contributed by atoms with van der Waals surface area (Å²) < 4.78 is 0. The number of likely N-dealkylation sites (N-methyl/N-ethyl adjacent to an activating group) is 1. The van der Waals surface area contributed by atoms with Crippen molar-refractivity contribution in [2.75, 3.05) is 33.7 Å². The van der Waals surface area contributed by atoms with Crippen molar-refractivity contribution in [1.29, 1.82) is 0 Å². The Morgan fingerprint density at radius 3 is 2.11 bits per heavy atom. The van der Waals surface area contributed by atoms with Gasteiger partial charge in [0.25, 0.3) is 0 Å². The van der Waals surface area contributed by atoms with Crippen LogP contribution in [-0.2, 0) is 9.59 Å². The third-order valence-electron chi connectivity index (χ3n) is 2.60. The summed E-state index contributed by atoms with van der Waals surface area (Å²) in [4.78, 5) is 26.6. The summed E-state index contributed by atoms with van der Waals surface area (Å²) >= 11 is 0. The number of rotatable bonds is 7. The van der Waals surface area contributed by atoms with Crippen LogP contribution in [0.15, 0.2) is 0 Å². The van der Waals surface area contributed by atoms with Crippen molar-refractivity contribution < 1.29 is 14.7 Å². The average molecular weight is 273 g/mol. The Labute approximate surface area is 115 Å². The lowest BCUT2D eigenvalue weighted by atomic mass is 10.1. The number of hydrogen-bond acceptors (Lipinski definition) is 4. The molecule has 0 saturated heterocycles. The van der Waals surface area contributed by atoms with Gasteiger partial charge in [0.15, 0.2) is 0 Å². The standard InChI is InChI=1S/C13H27N3O3/c1-10(12(19)14-13(2,3)4)16(9-11(17)18)8-7-15(5)6/h10H,7-9H2,1-6H3,(H,14,19)(H,17,18). The third-order valence-corrected chi connectivity index (χ3v) is 2.60. The largest absolute Gasteiger partial charge is 0.480 e. The molecule has 0 aromatic carbocycles. The van der Waals surface area contributed by atoms with Gasteiger partial charge in [0.2, 0.25) is 5.91 Å². The minimum atomic E-state index is -0.922. The molecular formula is C13H27N3O3. The highest BCUT2D eigenvalue weighted by Gasteiger charge is 2.25. The van der Waals surface area contributed by atoms with Crippen LogP contribution in [0.2, 0.25) is 0 Å². The first-order valence-electron chi connectivity index (χ1n) is 6.45. The van der Waals surface area contributed by atoms with Crippen LogP contribution in [0.1, 0.15) is 27.7 Å². The van der Waals surface area contributed by atoms with E-state index in [2.05, 4.69) is 5.32 Å². The first-order valence-corrected chi connectivity index (χ1v) is 6.45. The quantitative estimate of drug-likeness (QED) is 0.695. The van der Waals surface area contributed by atoms with E-state index in [1.165, 1.54) is 0 Å². The van der Waals surface area contributed by atoms with Gasteiger partial charge in [-0.3, -0.25) is 14.5 Å². The lowest BCUT2D eigenvalue weighted by molar-refractivity contribution is -0.140. The van der Waals surface area contributed by atoms with Gasteiger partial charge >= 0.3 is 5.97 Å². The number of carbonyl (C=O) groups excluding carboxylic acids is 1. The zero-order chi connectivity index (χ0) is 15.2. The van der Waals surface area contributed by atoms with E-state index in [1.54, 1.807) is 11.8 Å². The van der Waals surface area contributed by atoms with Gasteiger partial charge in [-0.1, -0.05) is 0 Å². The number of carboxylic acid groups (broad SMARTS) is 1. The van der Waals surface area contributed by atoms with E-state index in [4.69, 9.17) is 5.11 Å². The molecule has 0 aliphatic rings. The fourth-order valence-corrected chi connectivity index (χ4v) is 1.55. The maximum absolute atomic E-state index is 12.1. The Balaban J connectivity index is 4.64. The summed E-state index contributed by atoms with van der Waals surface area (Å²) in [6.45, 7) is 8.56. The Hall–Kier alpha value is -1.14. The molecule has 0 saturated carbocycles. The van der Waals surface area contributed by atoms with Gasteiger partial charge < -0.3 is 15.3 Å². The predicted octanol–water partition coefficient (Wildman–Crippen LogP) is 0.238. The second-order valence-electron chi connectivity index (χ2n) is 6.08. The summed E-state index contributed by atoms with van der Waals surface area (Å²) in [6.07, 6.45) is 0. The van der Waals surface area contributed by atoms with Gasteiger partial charge in [0.05, 0.1) is 12.6 Å².